The molecule has 1 aromatic rings. The third-order valence-corrected chi connectivity index (χ3v) is 3.19. The quantitative estimate of drug-likeness (QED) is 0.880. The maximum Gasteiger partial charge on any atom is 0.220 e. The van der Waals surface area contributed by atoms with E-state index in [-0.39, 0.29) is 17.8 Å². The molecule has 1 amide bonds. The Balaban J connectivity index is 2.05. The second-order valence-electron chi connectivity index (χ2n) is 3.76. The molecule has 1 atom stereocenters. The van der Waals surface area contributed by atoms with Crippen LogP contribution in [0.5, 0.6) is 0 Å². The number of carbonyl (C=O) groups is 1. The molecular formula is C11H11BrFNO. The molecule has 1 aliphatic rings. The van der Waals surface area contributed by atoms with E-state index in [4.69, 9.17) is 0 Å². The van der Waals surface area contributed by atoms with Crippen molar-refractivity contribution in [1.29, 1.82) is 0 Å². The highest BCUT2D eigenvalue weighted by Crippen LogP contribution is 2.19. The molecule has 1 fully saturated rings. The number of hydrogen-bond donors (Lipinski definition) is 1. The predicted molar refractivity (Wildman–Crippen MR) is 59.0 cm³/mol. The van der Waals surface area contributed by atoms with Gasteiger partial charge in [-0.2, -0.15) is 0 Å². The molecule has 1 aromatic carbocycles. The highest BCUT2D eigenvalue weighted by atomic mass is 79.9. The van der Waals surface area contributed by atoms with Crippen molar-refractivity contribution in [1.82, 2.24) is 5.32 Å². The Labute approximate surface area is 96.0 Å². The molecular weight excluding hydrogens is 261 g/mol. The van der Waals surface area contributed by atoms with Gasteiger partial charge in [0.1, 0.15) is 5.82 Å². The van der Waals surface area contributed by atoms with E-state index in [2.05, 4.69) is 21.2 Å². The van der Waals surface area contributed by atoms with E-state index in [1.54, 1.807) is 6.07 Å². The van der Waals surface area contributed by atoms with Gasteiger partial charge < -0.3 is 5.32 Å². The summed E-state index contributed by atoms with van der Waals surface area (Å²) in [5.74, 6) is -0.158. The van der Waals surface area contributed by atoms with Gasteiger partial charge in [0.05, 0.1) is 4.47 Å². The van der Waals surface area contributed by atoms with Crippen LogP contribution in [-0.4, -0.2) is 11.9 Å². The standard InChI is InChI=1S/C11H11BrFNO/c12-9-3-1-7(6-10(9)13)5-8-2-4-11(15)14-8/h1,3,6,8H,2,4-5H2,(H,14,15). The van der Waals surface area contributed by atoms with E-state index in [0.29, 0.717) is 17.3 Å². The summed E-state index contributed by atoms with van der Waals surface area (Å²) in [5, 5.41) is 2.86. The Kier molecular flexibility index (Phi) is 3.05. The van der Waals surface area contributed by atoms with Crippen molar-refractivity contribution in [3.05, 3.63) is 34.1 Å². The SMILES string of the molecule is O=C1CCC(Cc2ccc(Br)c(F)c2)N1. The lowest BCUT2D eigenvalue weighted by molar-refractivity contribution is -0.119. The van der Waals surface area contributed by atoms with Gasteiger partial charge in [-0.15, -0.1) is 0 Å². The third kappa shape index (κ3) is 2.56. The summed E-state index contributed by atoms with van der Waals surface area (Å²) in [4.78, 5) is 11.0. The summed E-state index contributed by atoms with van der Waals surface area (Å²) in [6, 6.07) is 5.24. The summed E-state index contributed by atoms with van der Waals surface area (Å²) >= 11 is 3.11. The van der Waals surface area contributed by atoms with Crippen LogP contribution in [0.3, 0.4) is 0 Å². The van der Waals surface area contributed by atoms with Gasteiger partial charge in [-0.25, -0.2) is 4.39 Å². The second-order valence-corrected chi connectivity index (χ2v) is 4.61. The van der Waals surface area contributed by atoms with Crippen LogP contribution in [0.15, 0.2) is 22.7 Å². The van der Waals surface area contributed by atoms with Gasteiger partial charge >= 0.3 is 0 Å². The number of halogens is 2. The van der Waals surface area contributed by atoms with E-state index < -0.39 is 0 Å². The Morgan fingerprint density at radius 3 is 2.93 bits per heavy atom. The van der Waals surface area contributed by atoms with Crippen LogP contribution in [0.25, 0.3) is 0 Å². The van der Waals surface area contributed by atoms with Gasteiger partial charge in [0.2, 0.25) is 5.91 Å². The normalized spacial score (nSPS) is 20.4. The molecule has 0 aromatic heterocycles. The Bertz CT molecular complexity index is 394. The molecule has 1 unspecified atom stereocenters. The fraction of sp³-hybridized carbons (Fsp3) is 0.364. The minimum Gasteiger partial charge on any atom is -0.353 e. The number of hydrogen-bond acceptors (Lipinski definition) is 1. The first-order valence-corrected chi connectivity index (χ1v) is 5.68. The summed E-state index contributed by atoms with van der Waals surface area (Å²) < 4.78 is 13.7. The van der Waals surface area contributed by atoms with Crippen molar-refractivity contribution < 1.29 is 9.18 Å². The molecule has 0 radical (unpaired) electrons. The number of amides is 1. The third-order valence-electron chi connectivity index (χ3n) is 2.55. The monoisotopic (exact) mass is 271 g/mol. The molecule has 0 bridgehead atoms. The van der Waals surface area contributed by atoms with Crippen molar-refractivity contribution in [3.8, 4) is 0 Å². The fourth-order valence-corrected chi connectivity index (χ4v) is 2.03. The molecule has 15 heavy (non-hydrogen) atoms. The summed E-state index contributed by atoms with van der Waals surface area (Å²) in [5.41, 5.74) is 0.919. The van der Waals surface area contributed by atoms with Crippen LogP contribution in [0.4, 0.5) is 4.39 Å². The molecule has 1 heterocycles. The number of carbonyl (C=O) groups excluding carboxylic acids is 1. The van der Waals surface area contributed by atoms with Gasteiger partial charge in [-0.05, 0) is 46.5 Å². The summed E-state index contributed by atoms with van der Waals surface area (Å²) in [6.07, 6.45) is 2.14. The van der Waals surface area contributed by atoms with Crippen molar-refractivity contribution in [2.24, 2.45) is 0 Å². The molecule has 1 saturated heterocycles. The van der Waals surface area contributed by atoms with Crippen LogP contribution in [0, 0.1) is 5.82 Å². The molecule has 0 aliphatic carbocycles. The van der Waals surface area contributed by atoms with Gasteiger partial charge in [0.25, 0.3) is 0 Å². The fourth-order valence-electron chi connectivity index (χ4n) is 1.78. The highest BCUT2D eigenvalue weighted by molar-refractivity contribution is 9.10. The van der Waals surface area contributed by atoms with Crippen molar-refractivity contribution in [2.75, 3.05) is 0 Å². The Hall–Kier alpha value is -0.900. The molecule has 80 valence electrons. The molecule has 2 nitrogen and oxygen atoms in total. The van der Waals surface area contributed by atoms with Gasteiger partial charge in [-0.1, -0.05) is 6.07 Å². The molecule has 1 aliphatic heterocycles. The van der Waals surface area contributed by atoms with Crippen molar-refractivity contribution in [2.45, 2.75) is 25.3 Å². The topological polar surface area (TPSA) is 29.1 Å². The van der Waals surface area contributed by atoms with Crippen molar-refractivity contribution in [3.63, 3.8) is 0 Å². The maximum atomic E-state index is 13.2. The largest absolute Gasteiger partial charge is 0.353 e. The van der Waals surface area contributed by atoms with E-state index in [0.717, 1.165) is 12.0 Å². The average Bonchev–Trinajstić information content (AvgIpc) is 2.58. The zero-order chi connectivity index (χ0) is 10.8. The first-order chi connectivity index (χ1) is 7.15. The first-order valence-electron chi connectivity index (χ1n) is 4.88. The number of rotatable bonds is 2. The Morgan fingerprint density at radius 1 is 1.53 bits per heavy atom. The smallest absolute Gasteiger partial charge is 0.220 e. The van der Waals surface area contributed by atoms with Crippen LogP contribution in [0.2, 0.25) is 0 Å². The van der Waals surface area contributed by atoms with Gasteiger partial charge in [-0.3, -0.25) is 4.79 Å². The van der Waals surface area contributed by atoms with E-state index in [1.165, 1.54) is 6.07 Å². The van der Waals surface area contributed by atoms with Crippen LogP contribution < -0.4 is 5.32 Å². The first kappa shape index (κ1) is 10.6. The maximum absolute atomic E-state index is 13.2. The predicted octanol–water partition coefficient (Wildman–Crippen LogP) is 2.41. The van der Waals surface area contributed by atoms with Crippen LogP contribution >= 0.6 is 15.9 Å². The average molecular weight is 272 g/mol. The van der Waals surface area contributed by atoms with E-state index >= 15 is 0 Å². The highest BCUT2D eigenvalue weighted by Gasteiger charge is 2.20. The second kappa shape index (κ2) is 4.31. The zero-order valence-electron chi connectivity index (χ0n) is 8.09. The van der Waals surface area contributed by atoms with Crippen molar-refractivity contribution >= 4 is 21.8 Å². The Morgan fingerprint density at radius 2 is 2.33 bits per heavy atom. The van der Waals surface area contributed by atoms with Crippen LogP contribution in [0.1, 0.15) is 18.4 Å². The molecule has 0 saturated carbocycles. The van der Waals surface area contributed by atoms with Gasteiger partial charge in [0.15, 0.2) is 0 Å². The lowest BCUT2D eigenvalue weighted by Gasteiger charge is -2.09. The molecule has 1 N–H and O–H groups in total. The summed E-state index contributed by atoms with van der Waals surface area (Å²) in [6.45, 7) is 0. The molecule has 2 rings (SSSR count). The lowest BCUT2D eigenvalue weighted by Crippen LogP contribution is -2.27. The summed E-state index contributed by atoms with van der Waals surface area (Å²) in [7, 11) is 0. The molecule has 4 heteroatoms. The minimum atomic E-state index is -0.253. The van der Waals surface area contributed by atoms with E-state index in [9.17, 15) is 9.18 Å². The zero-order valence-corrected chi connectivity index (χ0v) is 9.68. The lowest BCUT2D eigenvalue weighted by atomic mass is 10.0. The number of benzene rings is 1. The van der Waals surface area contributed by atoms with E-state index in [1.807, 2.05) is 6.07 Å². The molecule has 0 spiro atoms. The van der Waals surface area contributed by atoms with Crippen LogP contribution in [-0.2, 0) is 11.2 Å². The number of nitrogens with one attached hydrogen (secondary N) is 1. The van der Waals surface area contributed by atoms with Gasteiger partial charge in [0, 0.05) is 12.5 Å². The minimum absolute atomic E-state index is 0.0950.